The summed E-state index contributed by atoms with van der Waals surface area (Å²) in [5.74, 6) is -0.280. The van der Waals surface area contributed by atoms with Crippen LogP contribution in [0.1, 0.15) is 37.9 Å². The zero-order valence-corrected chi connectivity index (χ0v) is 12.2. The van der Waals surface area contributed by atoms with Crippen LogP contribution in [0.2, 0.25) is 0 Å². The highest BCUT2D eigenvalue weighted by Gasteiger charge is 2.35. The molecule has 2 fully saturated rings. The Morgan fingerprint density at radius 3 is 2.75 bits per heavy atom. The lowest BCUT2D eigenvalue weighted by atomic mass is 10.0. The van der Waals surface area contributed by atoms with Gasteiger partial charge < -0.3 is 10.0 Å². The standard InChI is InChI=1S/C16H23FN2O/c1-11(20)15-9-12(17)3-6-16(15)19-8-7-13-4-5-14(10-19)18(13)2/h3,6,9,11,13-14,20H,4-5,7-8,10H2,1-2H3. The molecule has 1 aromatic rings. The smallest absolute Gasteiger partial charge is 0.123 e. The lowest BCUT2D eigenvalue weighted by molar-refractivity contribution is 0.199. The number of likely N-dealkylation sites (N-methyl/N-ethyl adjacent to an activating group) is 1. The SMILES string of the molecule is CC(O)c1cc(F)ccc1N1CCC2CCC(C1)N2C. The Kier molecular flexibility index (Phi) is 3.69. The maximum atomic E-state index is 13.4. The summed E-state index contributed by atoms with van der Waals surface area (Å²) >= 11 is 0. The first-order valence-corrected chi connectivity index (χ1v) is 7.50. The van der Waals surface area contributed by atoms with Gasteiger partial charge in [0.1, 0.15) is 5.82 Å². The van der Waals surface area contributed by atoms with Crippen molar-refractivity contribution in [3.05, 3.63) is 29.6 Å². The zero-order chi connectivity index (χ0) is 14.3. The number of aliphatic hydroxyl groups excluding tert-OH is 1. The highest BCUT2D eigenvalue weighted by atomic mass is 19.1. The minimum absolute atomic E-state index is 0.280. The Morgan fingerprint density at radius 1 is 1.25 bits per heavy atom. The maximum Gasteiger partial charge on any atom is 0.123 e. The number of hydrogen-bond acceptors (Lipinski definition) is 3. The predicted molar refractivity (Wildman–Crippen MR) is 78.4 cm³/mol. The van der Waals surface area contributed by atoms with Crippen molar-refractivity contribution in [2.24, 2.45) is 0 Å². The van der Waals surface area contributed by atoms with Crippen LogP contribution in [0.15, 0.2) is 18.2 Å². The third-order valence-electron chi connectivity index (χ3n) is 4.93. The molecule has 3 rings (SSSR count). The van der Waals surface area contributed by atoms with Gasteiger partial charge in [-0.1, -0.05) is 0 Å². The molecule has 110 valence electrons. The van der Waals surface area contributed by atoms with Crippen LogP contribution in [-0.2, 0) is 0 Å². The molecule has 0 aromatic heterocycles. The predicted octanol–water partition coefficient (Wildman–Crippen LogP) is 2.55. The fraction of sp³-hybridized carbons (Fsp3) is 0.625. The van der Waals surface area contributed by atoms with Gasteiger partial charge in [-0.25, -0.2) is 4.39 Å². The van der Waals surface area contributed by atoms with E-state index in [9.17, 15) is 9.50 Å². The van der Waals surface area contributed by atoms with E-state index in [2.05, 4.69) is 16.8 Å². The quantitative estimate of drug-likeness (QED) is 0.900. The molecule has 0 spiro atoms. The number of hydrogen-bond donors (Lipinski definition) is 1. The fourth-order valence-corrected chi connectivity index (χ4v) is 3.68. The molecule has 3 unspecified atom stereocenters. The van der Waals surface area contributed by atoms with Crippen molar-refractivity contribution in [2.45, 2.75) is 44.4 Å². The summed E-state index contributed by atoms with van der Waals surface area (Å²) in [4.78, 5) is 4.81. The maximum absolute atomic E-state index is 13.4. The van der Waals surface area contributed by atoms with Crippen molar-refractivity contribution in [3.8, 4) is 0 Å². The van der Waals surface area contributed by atoms with E-state index in [1.54, 1.807) is 6.92 Å². The van der Waals surface area contributed by atoms with Gasteiger partial charge in [-0.05, 0) is 51.4 Å². The summed E-state index contributed by atoms with van der Waals surface area (Å²) in [6.07, 6.45) is 3.03. The molecule has 3 nitrogen and oxygen atoms in total. The summed E-state index contributed by atoms with van der Waals surface area (Å²) in [5, 5.41) is 9.91. The number of anilines is 1. The largest absolute Gasteiger partial charge is 0.389 e. The molecule has 0 radical (unpaired) electrons. The van der Waals surface area contributed by atoms with E-state index in [0.29, 0.717) is 17.6 Å². The molecule has 2 aliphatic rings. The van der Waals surface area contributed by atoms with E-state index in [1.165, 1.54) is 25.0 Å². The monoisotopic (exact) mass is 278 g/mol. The summed E-state index contributed by atoms with van der Waals surface area (Å²) in [7, 11) is 2.21. The third kappa shape index (κ3) is 2.42. The molecule has 1 aromatic carbocycles. The molecule has 2 aliphatic heterocycles. The zero-order valence-electron chi connectivity index (χ0n) is 12.2. The van der Waals surface area contributed by atoms with Crippen molar-refractivity contribution in [1.29, 1.82) is 0 Å². The van der Waals surface area contributed by atoms with Crippen LogP contribution >= 0.6 is 0 Å². The Hall–Kier alpha value is -1.13. The Bertz CT molecular complexity index is 491. The Balaban J connectivity index is 1.89. The van der Waals surface area contributed by atoms with Gasteiger partial charge in [-0.15, -0.1) is 0 Å². The summed E-state index contributed by atoms with van der Waals surface area (Å²) in [6.45, 7) is 3.66. The molecular weight excluding hydrogens is 255 g/mol. The Labute approximate surface area is 120 Å². The molecule has 20 heavy (non-hydrogen) atoms. The molecular formula is C16H23FN2O. The van der Waals surface area contributed by atoms with Crippen LogP contribution in [0, 0.1) is 5.82 Å². The molecule has 2 saturated heterocycles. The first-order chi connectivity index (χ1) is 9.56. The van der Waals surface area contributed by atoms with Crippen LogP contribution in [0.25, 0.3) is 0 Å². The molecule has 2 heterocycles. The summed E-state index contributed by atoms with van der Waals surface area (Å²) < 4.78 is 13.4. The number of nitrogens with zero attached hydrogens (tertiary/aromatic N) is 2. The lowest BCUT2D eigenvalue weighted by Crippen LogP contribution is -2.37. The van der Waals surface area contributed by atoms with Crippen molar-refractivity contribution in [3.63, 3.8) is 0 Å². The van der Waals surface area contributed by atoms with Crippen molar-refractivity contribution < 1.29 is 9.50 Å². The fourth-order valence-electron chi connectivity index (χ4n) is 3.68. The van der Waals surface area contributed by atoms with Gasteiger partial charge in [0.2, 0.25) is 0 Å². The molecule has 2 bridgehead atoms. The number of benzene rings is 1. The topological polar surface area (TPSA) is 26.7 Å². The average molecular weight is 278 g/mol. The minimum atomic E-state index is -0.640. The number of aliphatic hydroxyl groups is 1. The number of halogens is 1. The molecule has 4 heteroatoms. The molecule has 0 aliphatic carbocycles. The van der Waals surface area contributed by atoms with E-state index in [-0.39, 0.29) is 5.82 Å². The van der Waals surface area contributed by atoms with E-state index >= 15 is 0 Å². The van der Waals surface area contributed by atoms with E-state index < -0.39 is 6.10 Å². The van der Waals surface area contributed by atoms with Gasteiger partial charge in [-0.3, -0.25) is 4.90 Å². The van der Waals surface area contributed by atoms with Crippen LogP contribution in [-0.4, -0.2) is 42.2 Å². The van der Waals surface area contributed by atoms with Gasteiger partial charge in [0.25, 0.3) is 0 Å². The highest BCUT2D eigenvalue weighted by Crippen LogP contribution is 2.33. The lowest BCUT2D eigenvalue weighted by Gasteiger charge is -2.30. The first kappa shape index (κ1) is 13.8. The van der Waals surface area contributed by atoms with Crippen LogP contribution in [0.4, 0.5) is 10.1 Å². The van der Waals surface area contributed by atoms with Crippen molar-refractivity contribution >= 4 is 5.69 Å². The second-order valence-corrected chi connectivity index (χ2v) is 6.16. The normalized spacial score (nSPS) is 28.5. The minimum Gasteiger partial charge on any atom is -0.389 e. The van der Waals surface area contributed by atoms with Gasteiger partial charge in [-0.2, -0.15) is 0 Å². The molecule has 0 saturated carbocycles. The molecule has 0 amide bonds. The Morgan fingerprint density at radius 2 is 2.00 bits per heavy atom. The summed E-state index contributed by atoms with van der Waals surface area (Å²) in [6, 6.07) is 6.03. The first-order valence-electron chi connectivity index (χ1n) is 7.50. The number of rotatable bonds is 2. The van der Waals surface area contributed by atoms with Crippen molar-refractivity contribution in [1.82, 2.24) is 4.90 Å². The highest BCUT2D eigenvalue weighted by molar-refractivity contribution is 5.55. The second-order valence-electron chi connectivity index (χ2n) is 6.16. The second kappa shape index (κ2) is 5.34. The summed E-state index contributed by atoms with van der Waals surface area (Å²) in [5.41, 5.74) is 1.69. The van der Waals surface area contributed by atoms with Crippen LogP contribution < -0.4 is 4.90 Å². The van der Waals surface area contributed by atoms with Gasteiger partial charge in [0, 0.05) is 36.4 Å². The van der Waals surface area contributed by atoms with E-state index in [4.69, 9.17) is 0 Å². The van der Waals surface area contributed by atoms with E-state index in [1.807, 2.05) is 6.07 Å². The average Bonchev–Trinajstić information content (AvgIpc) is 2.64. The van der Waals surface area contributed by atoms with Crippen LogP contribution in [0.3, 0.4) is 0 Å². The van der Waals surface area contributed by atoms with Gasteiger partial charge in [0.05, 0.1) is 6.10 Å². The van der Waals surface area contributed by atoms with E-state index in [0.717, 1.165) is 25.2 Å². The third-order valence-corrected chi connectivity index (χ3v) is 4.93. The van der Waals surface area contributed by atoms with Crippen LogP contribution in [0.5, 0.6) is 0 Å². The van der Waals surface area contributed by atoms with Gasteiger partial charge >= 0.3 is 0 Å². The molecule has 3 atom stereocenters. The van der Waals surface area contributed by atoms with Gasteiger partial charge in [0.15, 0.2) is 0 Å². The number of fused-ring (bicyclic) bond motifs is 2. The van der Waals surface area contributed by atoms with Crippen molar-refractivity contribution in [2.75, 3.05) is 25.0 Å². The molecule has 1 N–H and O–H groups in total.